The molecule has 1 aromatic carbocycles. The van der Waals surface area contributed by atoms with Crippen molar-refractivity contribution in [3.8, 4) is 0 Å². The Morgan fingerprint density at radius 1 is 1.44 bits per heavy atom. The standard InChI is InChI=1S/C12H18N2O2/c1-8-4-5-10(6-9(8)2)14-12(15)11(13)7-16-3/h4-6,11H,7,13H2,1-3H3,(H,14,15). The molecule has 1 atom stereocenters. The minimum atomic E-state index is -0.633. The van der Waals surface area contributed by atoms with Gasteiger partial charge < -0.3 is 15.8 Å². The van der Waals surface area contributed by atoms with E-state index in [4.69, 9.17) is 10.5 Å². The minimum Gasteiger partial charge on any atom is -0.383 e. The van der Waals surface area contributed by atoms with E-state index < -0.39 is 6.04 Å². The van der Waals surface area contributed by atoms with E-state index in [0.29, 0.717) is 0 Å². The van der Waals surface area contributed by atoms with Crippen molar-refractivity contribution in [3.05, 3.63) is 29.3 Å². The third-order valence-electron chi connectivity index (χ3n) is 2.46. The molecule has 0 radical (unpaired) electrons. The predicted molar refractivity (Wildman–Crippen MR) is 64.4 cm³/mol. The van der Waals surface area contributed by atoms with Crippen LogP contribution in [0.5, 0.6) is 0 Å². The molecule has 0 saturated heterocycles. The molecule has 88 valence electrons. The van der Waals surface area contributed by atoms with E-state index in [1.165, 1.54) is 12.7 Å². The molecule has 4 nitrogen and oxygen atoms in total. The van der Waals surface area contributed by atoms with Crippen LogP contribution in [-0.2, 0) is 9.53 Å². The van der Waals surface area contributed by atoms with Crippen LogP contribution >= 0.6 is 0 Å². The summed E-state index contributed by atoms with van der Waals surface area (Å²) in [6.45, 7) is 4.24. The van der Waals surface area contributed by atoms with Crippen LogP contribution in [0, 0.1) is 13.8 Å². The highest BCUT2D eigenvalue weighted by Crippen LogP contribution is 2.14. The summed E-state index contributed by atoms with van der Waals surface area (Å²) in [5.74, 6) is -0.231. The number of aryl methyl sites for hydroxylation is 2. The largest absolute Gasteiger partial charge is 0.383 e. The Morgan fingerprint density at radius 3 is 2.69 bits per heavy atom. The van der Waals surface area contributed by atoms with E-state index in [1.807, 2.05) is 32.0 Å². The van der Waals surface area contributed by atoms with Gasteiger partial charge in [0.2, 0.25) is 5.91 Å². The van der Waals surface area contributed by atoms with Gasteiger partial charge in [0.1, 0.15) is 6.04 Å². The molecule has 0 aliphatic rings. The lowest BCUT2D eigenvalue weighted by Crippen LogP contribution is -2.39. The third kappa shape index (κ3) is 3.32. The fourth-order valence-electron chi connectivity index (χ4n) is 1.31. The van der Waals surface area contributed by atoms with Crippen LogP contribution in [0.2, 0.25) is 0 Å². The summed E-state index contributed by atoms with van der Waals surface area (Å²) in [6.07, 6.45) is 0. The van der Waals surface area contributed by atoms with Crippen molar-refractivity contribution >= 4 is 11.6 Å². The van der Waals surface area contributed by atoms with Gasteiger partial charge in [-0.05, 0) is 37.1 Å². The summed E-state index contributed by atoms with van der Waals surface area (Å²) in [5, 5.41) is 2.75. The van der Waals surface area contributed by atoms with Crippen molar-refractivity contribution in [3.63, 3.8) is 0 Å². The van der Waals surface area contributed by atoms with Gasteiger partial charge in [-0.1, -0.05) is 6.07 Å². The average molecular weight is 222 g/mol. The first-order chi connectivity index (χ1) is 7.54. The number of carbonyl (C=O) groups is 1. The van der Waals surface area contributed by atoms with Crippen LogP contribution in [0.3, 0.4) is 0 Å². The summed E-state index contributed by atoms with van der Waals surface area (Å²) in [5.41, 5.74) is 8.70. The Labute approximate surface area is 95.8 Å². The molecule has 1 rings (SSSR count). The number of carbonyl (C=O) groups excluding carboxylic acids is 1. The fraction of sp³-hybridized carbons (Fsp3) is 0.417. The molecule has 0 aliphatic heterocycles. The second-order valence-corrected chi connectivity index (χ2v) is 3.85. The van der Waals surface area contributed by atoms with Crippen LogP contribution in [0.1, 0.15) is 11.1 Å². The van der Waals surface area contributed by atoms with Crippen LogP contribution < -0.4 is 11.1 Å². The zero-order valence-corrected chi connectivity index (χ0v) is 9.91. The van der Waals surface area contributed by atoms with Gasteiger partial charge in [-0.25, -0.2) is 0 Å². The van der Waals surface area contributed by atoms with E-state index in [1.54, 1.807) is 0 Å². The number of nitrogens with two attached hydrogens (primary N) is 1. The van der Waals surface area contributed by atoms with Crippen LogP contribution in [0.25, 0.3) is 0 Å². The molecule has 1 unspecified atom stereocenters. The Balaban J connectivity index is 2.66. The molecular weight excluding hydrogens is 204 g/mol. The van der Waals surface area contributed by atoms with Gasteiger partial charge >= 0.3 is 0 Å². The van der Waals surface area contributed by atoms with E-state index in [2.05, 4.69) is 5.32 Å². The van der Waals surface area contributed by atoms with Crippen LogP contribution in [0.4, 0.5) is 5.69 Å². The Kier molecular flexibility index (Phi) is 4.46. The van der Waals surface area contributed by atoms with Gasteiger partial charge in [-0.3, -0.25) is 4.79 Å². The molecule has 0 heterocycles. The Bertz CT molecular complexity index is 377. The first-order valence-electron chi connectivity index (χ1n) is 5.17. The van der Waals surface area contributed by atoms with E-state index >= 15 is 0 Å². The molecule has 1 aromatic rings. The van der Waals surface area contributed by atoms with Crippen LogP contribution in [0.15, 0.2) is 18.2 Å². The van der Waals surface area contributed by atoms with Gasteiger partial charge in [0.15, 0.2) is 0 Å². The Morgan fingerprint density at radius 2 is 2.12 bits per heavy atom. The molecule has 0 bridgehead atoms. The predicted octanol–water partition coefficient (Wildman–Crippen LogP) is 1.22. The lowest BCUT2D eigenvalue weighted by Gasteiger charge is -2.12. The summed E-state index contributed by atoms with van der Waals surface area (Å²) in [4.78, 5) is 11.6. The lowest BCUT2D eigenvalue weighted by atomic mass is 10.1. The van der Waals surface area contributed by atoms with E-state index in [9.17, 15) is 4.79 Å². The number of nitrogens with one attached hydrogen (secondary N) is 1. The normalized spacial score (nSPS) is 12.2. The Hall–Kier alpha value is -1.39. The number of hydrogen-bond acceptors (Lipinski definition) is 3. The zero-order chi connectivity index (χ0) is 12.1. The summed E-state index contributed by atoms with van der Waals surface area (Å²) in [7, 11) is 1.52. The van der Waals surface area contributed by atoms with Gasteiger partial charge in [-0.2, -0.15) is 0 Å². The number of amides is 1. The molecule has 0 aliphatic carbocycles. The highest BCUT2D eigenvalue weighted by molar-refractivity contribution is 5.94. The summed E-state index contributed by atoms with van der Waals surface area (Å²) in [6, 6.07) is 5.12. The molecule has 0 aromatic heterocycles. The minimum absolute atomic E-state index is 0.219. The molecule has 0 fully saturated rings. The van der Waals surface area contributed by atoms with Crippen molar-refractivity contribution in [1.82, 2.24) is 0 Å². The van der Waals surface area contributed by atoms with Crippen molar-refractivity contribution in [2.75, 3.05) is 19.0 Å². The van der Waals surface area contributed by atoms with Gasteiger partial charge in [0, 0.05) is 12.8 Å². The quantitative estimate of drug-likeness (QED) is 0.805. The number of rotatable bonds is 4. The SMILES string of the molecule is COCC(N)C(=O)Nc1ccc(C)c(C)c1. The smallest absolute Gasteiger partial charge is 0.243 e. The second kappa shape index (κ2) is 5.63. The van der Waals surface area contributed by atoms with E-state index in [0.717, 1.165) is 11.3 Å². The van der Waals surface area contributed by atoms with E-state index in [-0.39, 0.29) is 12.5 Å². The monoisotopic (exact) mass is 222 g/mol. The third-order valence-corrected chi connectivity index (χ3v) is 2.46. The van der Waals surface area contributed by atoms with Crippen molar-refractivity contribution in [2.24, 2.45) is 5.73 Å². The lowest BCUT2D eigenvalue weighted by molar-refractivity contribution is -0.118. The molecule has 0 saturated carbocycles. The highest BCUT2D eigenvalue weighted by Gasteiger charge is 2.12. The second-order valence-electron chi connectivity index (χ2n) is 3.85. The zero-order valence-electron chi connectivity index (χ0n) is 9.91. The fourth-order valence-corrected chi connectivity index (χ4v) is 1.31. The maximum absolute atomic E-state index is 11.6. The van der Waals surface area contributed by atoms with Gasteiger partial charge in [0.05, 0.1) is 6.61 Å². The summed E-state index contributed by atoms with van der Waals surface area (Å²) < 4.78 is 4.82. The van der Waals surface area contributed by atoms with Crippen molar-refractivity contribution in [1.29, 1.82) is 0 Å². The molecule has 3 N–H and O–H groups in total. The van der Waals surface area contributed by atoms with Crippen LogP contribution in [-0.4, -0.2) is 25.7 Å². The first kappa shape index (κ1) is 12.7. The number of hydrogen-bond donors (Lipinski definition) is 2. The number of ether oxygens (including phenoxy) is 1. The molecule has 4 heteroatoms. The molecular formula is C12H18N2O2. The van der Waals surface area contributed by atoms with Crippen molar-refractivity contribution < 1.29 is 9.53 Å². The topological polar surface area (TPSA) is 64.3 Å². The van der Waals surface area contributed by atoms with Gasteiger partial charge in [-0.15, -0.1) is 0 Å². The average Bonchev–Trinajstić information content (AvgIpc) is 2.24. The van der Waals surface area contributed by atoms with Gasteiger partial charge in [0.25, 0.3) is 0 Å². The summed E-state index contributed by atoms with van der Waals surface area (Å²) >= 11 is 0. The number of benzene rings is 1. The molecule has 16 heavy (non-hydrogen) atoms. The van der Waals surface area contributed by atoms with Crippen molar-refractivity contribution in [2.45, 2.75) is 19.9 Å². The maximum atomic E-state index is 11.6. The first-order valence-corrected chi connectivity index (χ1v) is 5.17. The maximum Gasteiger partial charge on any atom is 0.243 e. The molecule has 1 amide bonds. The molecule has 0 spiro atoms. The number of anilines is 1. The number of methoxy groups -OCH3 is 1. The highest BCUT2D eigenvalue weighted by atomic mass is 16.5.